The number of anilines is 3. The molecular weight excluding hydrogens is 837 g/mol. The van der Waals surface area contributed by atoms with Crippen LogP contribution in [0, 0.1) is 0 Å². The molecule has 4 aliphatic rings. The fraction of sp³-hybridized carbons (Fsp3) is 0.417. The van der Waals surface area contributed by atoms with Gasteiger partial charge < -0.3 is 29.5 Å². The molecule has 6 heterocycles. The first kappa shape index (κ1) is 41.9. The maximum absolute atomic E-state index is 5.56. The molecular formula is C48H59BrN6O2S2. The van der Waals surface area contributed by atoms with Crippen LogP contribution in [0.25, 0.3) is 20.2 Å². The van der Waals surface area contributed by atoms with Gasteiger partial charge in [-0.15, -0.1) is 22.7 Å². The summed E-state index contributed by atoms with van der Waals surface area (Å²) < 4.78 is 15.0. The van der Waals surface area contributed by atoms with E-state index in [0.717, 1.165) is 75.9 Å². The van der Waals surface area contributed by atoms with E-state index in [1.54, 1.807) is 25.6 Å². The first-order valence-corrected chi connectivity index (χ1v) is 23.9. The highest BCUT2D eigenvalue weighted by Gasteiger charge is 2.29. The lowest BCUT2D eigenvalue weighted by atomic mass is 10.0. The fourth-order valence-electron chi connectivity index (χ4n) is 9.24. The molecule has 0 atom stereocenters. The summed E-state index contributed by atoms with van der Waals surface area (Å²) in [6.45, 7) is 13.7. The highest BCUT2D eigenvalue weighted by Crippen LogP contribution is 2.36. The van der Waals surface area contributed by atoms with Gasteiger partial charge in [0, 0.05) is 113 Å². The van der Waals surface area contributed by atoms with Gasteiger partial charge in [-0.2, -0.15) is 0 Å². The second-order valence-electron chi connectivity index (χ2n) is 15.8. The number of ether oxygens (including phenoxy) is 2. The van der Waals surface area contributed by atoms with E-state index < -0.39 is 0 Å². The van der Waals surface area contributed by atoms with Crippen molar-refractivity contribution in [3.8, 4) is 11.5 Å². The molecule has 6 aromatic rings. The zero-order chi connectivity index (χ0) is 40.4. The Bertz CT molecular complexity index is 2200. The summed E-state index contributed by atoms with van der Waals surface area (Å²) in [7, 11) is 3.52. The van der Waals surface area contributed by atoms with E-state index >= 15 is 0 Å². The van der Waals surface area contributed by atoms with Crippen molar-refractivity contribution in [1.29, 1.82) is 0 Å². The molecule has 59 heavy (non-hydrogen) atoms. The minimum atomic E-state index is 0.718. The molecule has 4 fully saturated rings. The van der Waals surface area contributed by atoms with Crippen molar-refractivity contribution >= 4 is 75.8 Å². The number of para-hydroxylation sites is 4. The van der Waals surface area contributed by atoms with Crippen LogP contribution in [0.2, 0.25) is 0 Å². The fourth-order valence-corrected chi connectivity index (χ4v) is 11.8. The van der Waals surface area contributed by atoms with Crippen LogP contribution in [0.4, 0.5) is 17.1 Å². The molecule has 0 spiro atoms. The lowest BCUT2D eigenvalue weighted by molar-refractivity contribution is 0.153. The maximum atomic E-state index is 5.56. The van der Waals surface area contributed by atoms with Crippen molar-refractivity contribution in [2.75, 3.05) is 107 Å². The van der Waals surface area contributed by atoms with Gasteiger partial charge in [-0.25, -0.2) is 0 Å². The van der Waals surface area contributed by atoms with Crippen LogP contribution in [0.1, 0.15) is 25.7 Å². The number of nitrogens with one attached hydrogen (secondary N) is 1. The number of piperidine rings is 2. The number of fused-ring (bicyclic) bond motifs is 2. The van der Waals surface area contributed by atoms with Crippen molar-refractivity contribution in [2.24, 2.45) is 0 Å². The van der Waals surface area contributed by atoms with Gasteiger partial charge in [0.1, 0.15) is 11.5 Å². The lowest BCUT2D eigenvalue weighted by Crippen LogP contribution is -2.53. The first-order chi connectivity index (χ1) is 29.1. The highest BCUT2D eigenvalue weighted by atomic mass is 79.9. The molecule has 2 aromatic heterocycles. The van der Waals surface area contributed by atoms with E-state index in [1.807, 2.05) is 23.5 Å². The van der Waals surface area contributed by atoms with Gasteiger partial charge in [0.2, 0.25) is 0 Å². The lowest BCUT2D eigenvalue weighted by Gasteiger charge is -2.44. The van der Waals surface area contributed by atoms with Gasteiger partial charge in [-0.05, 0) is 91.1 Å². The minimum absolute atomic E-state index is 0.718. The average molecular weight is 896 g/mol. The van der Waals surface area contributed by atoms with Gasteiger partial charge in [-0.1, -0.05) is 60.7 Å². The van der Waals surface area contributed by atoms with Gasteiger partial charge in [0.15, 0.2) is 0 Å². The third-order valence-electron chi connectivity index (χ3n) is 12.5. The molecule has 1 N–H and O–H groups in total. The summed E-state index contributed by atoms with van der Waals surface area (Å²) in [6, 6.07) is 35.4. The molecule has 312 valence electrons. The van der Waals surface area contributed by atoms with Gasteiger partial charge in [0.25, 0.3) is 0 Å². The monoisotopic (exact) mass is 894 g/mol. The molecule has 4 aromatic carbocycles. The zero-order valence-electron chi connectivity index (χ0n) is 34.6. The van der Waals surface area contributed by atoms with E-state index in [1.165, 1.54) is 93.6 Å². The van der Waals surface area contributed by atoms with Crippen LogP contribution in [-0.2, 0) is 0 Å². The first-order valence-electron chi connectivity index (χ1n) is 21.4. The molecule has 0 radical (unpaired) electrons. The number of benzene rings is 4. The van der Waals surface area contributed by atoms with Gasteiger partial charge >= 0.3 is 0 Å². The van der Waals surface area contributed by atoms with Crippen LogP contribution in [0.15, 0.2) is 112 Å². The molecule has 8 nitrogen and oxygen atoms in total. The summed E-state index contributed by atoms with van der Waals surface area (Å²) in [6.07, 6.45) is 5.13. The molecule has 0 bridgehead atoms. The normalized spacial score (nSPS) is 18.6. The number of piperazine rings is 2. The second-order valence-corrected chi connectivity index (χ2v) is 18.5. The Hall–Kier alpha value is -3.84. The van der Waals surface area contributed by atoms with E-state index in [2.05, 4.69) is 141 Å². The maximum Gasteiger partial charge on any atom is 0.142 e. The highest BCUT2D eigenvalue weighted by molar-refractivity contribution is 9.10. The van der Waals surface area contributed by atoms with Crippen molar-refractivity contribution in [2.45, 2.75) is 37.8 Å². The second kappa shape index (κ2) is 20.6. The Morgan fingerprint density at radius 2 is 0.932 bits per heavy atom. The van der Waals surface area contributed by atoms with Gasteiger partial charge in [0.05, 0.1) is 31.3 Å². The van der Waals surface area contributed by atoms with E-state index in [4.69, 9.17) is 9.47 Å². The van der Waals surface area contributed by atoms with E-state index in [0.29, 0.717) is 0 Å². The molecule has 10 rings (SSSR count). The smallest absolute Gasteiger partial charge is 0.142 e. The number of methoxy groups -OCH3 is 2. The number of hydrogen-bond donors (Lipinski definition) is 1. The van der Waals surface area contributed by atoms with E-state index in [-0.39, 0.29) is 0 Å². The number of hydrogen-bond acceptors (Lipinski definition) is 10. The Labute approximate surface area is 367 Å². The predicted molar refractivity (Wildman–Crippen MR) is 256 cm³/mol. The third kappa shape index (κ3) is 10.2. The molecule has 4 saturated heterocycles. The Morgan fingerprint density at radius 3 is 1.47 bits per heavy atom. The van der Waals surface area contributed by atoms with Crippen LogP contribution in [0.3, 0.4) is 0 Å². The molecule has 4 aliphatic heterocycles. The van der Waals surface area contributed by atoms with Crippen LogP contribution >= 0.6 is 38.6 Å². The predicted octanol–water partition coefficient (Wildman–Crippen LogP) is 9.93. The Kier molecular flexibility index (Phi) is 14.6. The SMILES string of the molecule is Brc1csc2ccccc12.COc1ccccc1N1CCN(C2CCN(c3csc4ccccc34)CC2)CC1.COc1ccccc1N1CCN(C2CCNCC2)CC1. The molecule has 0 unspecified atom stereocenters. The summed E-state index contributed by atoms with van der Waals surface area (Å²) in [5.41, 5.74) is 3.90. The van der Waals surface area contributed by atoms with Crippen LogP contribution in [-0.4, -0.2) is 115 Å². The van der Waals surface area contributed by atoms with Crippen LogP contribution in [0.5, 0.6) is 11.5 Å². The summed E-state index contributed by atoms with van der Waals surface area (Å²) in [5.74, 6) is 1.97. The zero-order valence-corrected chi connectivity index (χ0v) is 37.8. The number of halogens is 1. The summed E-state index contributed by atoms with van der Waals surface area (Å²) >= 11 is 7.11. The van der Waals surface area contributed by atoms with Crippen molar-refractivity contribution in [1.82, 2.24) is 15.1 Å². The quantitative estimate of drug-likeness (QED) is 0.170. The largest absolute Gasteiger partial charge is 0.495 e. The third-order valence-corrected chi connectivity index (χ3v) is 15.4. The van der Waals surface area contributed by atoms with Crippen molar-refractivity contribution in [3.05, 3.63) is 112 Å². The average Bonchev–Trinajstić information content (AvgIpc) is 3.93. The number of rotatable bonds is 7. The Balaban J connectivity index is 0.000000138. The van der Waals surface area contributed by atoms with Crippen molar-refractivity contribution < 1.29 is 9.47 Å². The van der Waals surface area contributed by atoms with Crippen LogP contribution < -0.4 is 29.5 Å². The number of thiophene rings is 2. The van der Waals surface area contributed by atoms with E-state index in [9.17, 15) is 0 Å². The minimum Gasteiger partial charge on any atom is -0.495 e. The molecule has 0 aliphatic carbocycles. The molecule has 0 saturated carbocycles. The number of nitrogens with zero attached hydrogens (tertiary/aromatic N) is 5. The topological polar surface area (TPSA) is 46.7 Å². The van der Waals surface area contributed by atoms with Gasteiger partial charge in [-0.3, -0.25) is 9.80 Å². The molecule has 0 amide bonds. The Morgan fingerprint density at radius 1 is 0.492 bits per heavy atom. The summed E-state index contributed by atoms with van der Waals surface area (Å²) in [5, 5.41) is 10.6. The van der Waals surface area contributed by atoms with Crippen molar-refractivity contribution in [3.63, 3.8) is 0 Å². The summed E-state index contributed by atoms with van der Waals surface area (Å²) in [4.78, 5) is 12.9. The molecule has 11 heteroatoms. The standard InChI is InChI=1S/C24H29N3OS.C16H25N3O.C8H5BrS/c1-28-23-8-4-3-7-21(23)27-16-14-25(15-17-27)19-10-12-26(13-11-19)22-18-29-24-9-5-2-6-20(22)24;1-20-16-5-3-2-4-15(16)19-12-10-18(11-13-19)14-6-8-17-9-7-14;9-7-5-10-8-4-2-1-3-6(7)8/h2-9,18-19H,10-17H2,1H3;2-5,14,17H,6-13H2,1H3;1-5H.